The molecule has 1 aliphatic rings. The number of nitrogens with one attached hydrogen (secondary N) is 1. The van der Waals surface area contributed by atoms with Crippen LogP contribution in [0.15, 0.2) is 24.3 Å². The Morgan fingerprint density at radius 2 is 2.43 bits per heavy atom. The summed E-state index contributed by atoms with van der Waals surface area (Å²) in [5.74, 6) is 0.101. The summed E-state index contributed by atoms with van der Waals surface area (Å²) in [7, 11) is 0. The lowest BCUT2D eigenvalue weighted by atomic mass is 10.0. The molecule has 0 bridgehead atoms. The van der Waals surface area contributed by atoms with Gasteiger partial charge in [-0.3, -0.25) is 4.79 Å². The predicted octanol–water partition coefficient (Wildman–Crippen LogP) is 2.53. The molecule has 5 heteroatoms. The minimum atomic E-state index is -0.328. The van der Waals surface area contributed by atoms with Crippen molar-refractivity contribution in [2.75, 3.05) is 19.8 Å². The van der Waals surface area contributed by atoms with Crippen LogP contribution in [0.25, 0.3) is 0 Å². The summed E-state index contributed by atoms with van der Waals surface area (Å²) < 4.78 is 24.1. The molecule has 1 aliphatic heterocycles. The molecule has 116 valence electrons. The number of carbonyl (C=O) groups is 1. The molecule has 0 radical (unpaired) electrons. The van der Waals surface area contributed by atoms with E-state index in [0.29, 0.717) is 18.9 Å². The quantitative estimate of drug-likeness (QED) is 0.877. The Bertz CT molecular complexity index is 461. The fourth-order valence-corrected chi connectivity index (χ4v) is 2.31. The largest absolute Gasteiger partial charge is 0.489 e. The lowest BCUT2D eigenvalue weighted by Gasteiger charge is -2.23. The van der Waals surface area contributed by atoms with Crippen LogP contribution in [0.2, 0.25) is 0 Å². The van der Waals surface area contributed by atoms with E-state index in [0.717, 1.165) is 25.9 Å². The van der Waals surface area contributed by atoms with Crippen molar-refractivity contribution in [3.8, 4) is 5.75 Å². The van der Waals surface area contributed by atoms with Gasteiger partial charge in [-0.2, -0.15) is 0 Å². The second-order valence-corrected chi connectivity index (χ2v) is 5.26. The van der Waals surface area contributed by atoms with E-state index in [2.05, 4.69) is 5.32 Å². The van der Waals surface area contributed by atoms with Crippen LogP contribution in [0, 0.1) is 11.7 Å². The Morgan fingerprint density at radius 3 is 3.10 bits per heavy atom. The Hall–Kier alpha value is -1.62. The van der Waals surface area contributed by atoms with E-state index in [9.17, 15) is 9.18 Å². The van der Waals surface area contributed by atoms with Crippen molar-refractivity contribution in [2.24, 2.45) is 5.92 Å². The second-order valence-electron chi connectivity index (χ2n) is 5.26. The van der Waals surface area contributed by atoms with Gasteiger partial charge in [-0.1, -0.05) is 13.0 Å². The highest BCUT2D eigenvalue weighted by Crippen LogP contribution is 2.16. The first kappa shape index (κ1) is 15.8. The van der Waals surface area contributed by atoms with Crippen molar-refractivity contribution in [3.05, 3.63) is 30.1 Å². The van der Waals surface area contributed by atoms with E-state index in [1.807, 2.05) is 6.92 Å². The number of ether oxygens (including phenoxy) is 2. The number of amides is 1. The first-order chi connectivity index (χ1) is 10.2. The maximum absolute atomic E-state index is 13.1. The fraction of sp³-hybridized carbons (Fsp3) is 0.562. The van der Waals surface area contributed by atoms with Crippen LogP contribution in [-0.2, 0) is 9.53 Å². The molecule has 4 nitrogen and oxygen atoms in total. The smallest absolute Gasteiger partial charge is 0.225 e. The summed E-state index contributed by atoms with van der Waals surface area (Å²) in [5.41, 5.74) is 0. The minimum absolute atomic E-state index is 0.0102. The SMILES string of the molecule is CC[C@H](CNC(=O)[C@H]1CCCOC1)Oc1cccc(F)c1. The first-order valence-electron chi connectivity index (χ1n) is 7.46. The molecule has 1 aromatic rings. The van der Waals surface area contributed by atoms with Crippen LogP contribution >= 0.6 is 0 Å². The molecule has 1 aromatic carbocycles. The molecule has 0 aliphatic carbocycles. The van der Waals surface area contributed by atoms with Gasteiger partial charge in [0.05, 0.1) is 19.1 Å². The van der Waals surface area contributed by atoms with Gasteiger partial charge >= 0.3 is 0 Å². The average molecular weight is 295 g/mol. The van der Waals surface area contributed by atoms with Crippen LogP contribution in [0.4, 0.5) is 4.39 Å². The highest BCUT2D eigenvalue weighted by molar-refractivity contribution is 5.78. The Balaban J connectivity index is 1.80. The normalized spacial score (nSPS) is 19.8. The Labute approximate surface area is 124 Å². The lowest BCUT2D eigenvalue weighted by Crippen LogP contribution is -2.40. The summed E-state index contributed by atoms with van der Waals surface area (Å²) in [6, 6.07) is 6.04. The highest BCUT2D eigenvalue weighted by Gasteiger charge is 2.22. The standard InChI is InChI=1S/C16H22FNO3/c1-2-14(21-15-7-3-6-13(17)9-15)10-18-16(19)12-5-4-8-20-11-12/h3,6-7,9,12,14H,2,4-5,8,10-11H2,1H3,(H,18,19)/t12-,14+/m0/s1. The number of carbonyl (C=O) groups excluding carboxylic acids is 1. The molecule has 21 heavy (non-hydrogen) atoms. The fourth-order valence-electron chi connectivity index (χ4n) is 2.31. The molecule has 0 saturated carbocycles. The zero-order chi connectivity index (χ0) is 15.1. The number of rotatable bonds is 6. The third kappa shape index (κ3) is 5.01. The van der Waals surface area contributed by atoms with E-state index < -0.39 is 0 Å². The van der Waals surface area contributed by atoms with Gasteiger partial charge in [-0.05, 0) is 31.4 Å². The van der Waals surface area contributed by atoms with Gasteiger partial charge in [-0.25, -0.2) is 4.39 Å². The number of halogens is 1. The Morgan fingerprint density at radius 1 is 1.57 bits per heavy atom. The van der Waals surface area contributed by atoms with Crippen molar-refractivity contribution in [1.29, 1.82) is 0 Å². The van der Waals surface area contributed by atoms with E-state index in [1.165, 1.54) is 12.1 Å². The summed E-state index contributed by atoms with van der Waals surface area (Å²) in [5, 5.41) is 2.90. The molecule has 0 spiro atoms. The maximum atomic E-state index is 13.1. The molecular formula is C16H22FNO3. The minimum Gasteiger partial charge on any atom is -0.489 e. The van der Waals surface area contributed by atoms with Crippen molar-refractivity contribution in [2.45, 2.75) is 32.3 Å². The zero-order valence-corrected chi connectivity index (χ0v) is 12.3. The molecule has 0 aromatic heterocycles. The number of hydrogen-bond donors (Lipinski definition) is 1. The molecule has 0 unspecified atom stereocenters. The molecular weight excluding hydrogens is 273 g/mol. The van der Waals surface area contributed by atoms with Gasteiger partial charge in [0.25, 0.3) is 0 Å². The Kier molecular flexibility index (Phi) is 5.99. The van der Waals surface area contributed by atoms with Gasteiger partial charge in [0.1, 0.15) is 17.7 Å². The predicted molar refractivity (Wildman–Crippen MR) is 77.7 cm³/mol. The summed E-state index contributed by atoms with van der Waals surface area (Å²) in [6.07, 6.45) is 2.36. The molecule has 1 heterocycles. The van der Waals surface area contributed by atoms with Gasteiger partial charge in [0, 0.05) is 12.7 Å². The van der Waals surface area contributed by atoms with Gasteiger partial charge in [0.2, 0.25) is 5.91 Å². The van der Waals surface area contributed by atoms with E-state index in [-0.39, 0.29) is 23.7 Å². The molecule has 1 saturated heterocycles. The molecule has 2 atom stereocenters. The van der Waals surface area contributed by atoms with Crippen molar-refractivity contribution in [1.82, 2.24) is 5.32 Å². The maximum Gasteiger partial charge on any atom is 0.225 e. The topological polar surface area (TPSA) is 47.6 Å². The highest BCUT2D eigenvalue weighted by atomic mass is 19.1. The van der Waals surface area contributed by atoms with Crippen molar-refractivity contribution >= 4 is 5.91 Å². The van der Waals surface area contributed by atoms with Gasteiger partial charge in [0.15, 0.2) is 0 Å². The monoisotopic (exact) mass is 295 g/mol. The summed E-state index contributed by atoms with van der Waals surface area (Å²) in [4.78, 5) is 12.0. The summed E-state index contributed by atoms with van der Waals surface area (Å²) >= 11 is 0. The molecule has 1 fully saturated rings. The number of benzene rings is 1. The van der Waals surface area contributed by atoms with E-state index in [1.54, 1.807) is 12.1 Å². The second kappa shape index (κ2) is 7.98. The van der Waals surface area contributed by atoms with Gasteiger partial charge in [-0.15, -0.1) is 0 Å². The van der Waals surface area contributed by atoms with Crippen LogP contribution in [0.1, 0.15) is 26.2 Å². The van der Waals surface area contributed by atoms with Crippen LogP contribution in [0.5, 0.6) is 5.75 Å². The van der Waals surface area contributed by atoms with E-state index in [4.69, 9.17) is 9.47 Å². The molecule has 2 rings (SSSR count). The van der Waals surface area contributed by atoms with Crippen molar-refractivity contribution < 1.29 is 18.7 Å². The van der Waals surface area contributed by atoms with Crippen molar-refractivity contribution in [3.63, 3.8) is 0 Å². The summed E-state index contributed by atoms with van der Waals surface area (Å²) in [6.45, 7) is 3.62. The van der Waals surface area contributed by atoms with Crippen LogP contribution in [0.3, 0.4) is 0 Å². The third-order valence-electron chi connectivity index (χ3n) is 3.59. The van der Waals surface area contributed by atoms with Crippen LogP contribution < -0.4 is 10.1 Å². The average Bonchev–Trinajstić information content (AvgIpc) is 2.52. The van der Waals surface area contributed by atoms with E-state index >= 15 is 0 Å². The zero-order valence-electron chi connectivity index (χ0n) is 12.3. The van der Waals surface area contributed by atoms with Crippen LogP contribution in [-0.4, -0.2) is 31.8 Å². The lowest BCUT2D eigenvalue weighted by molar-refractivity contribution is -0.129. The first-order valence-corrected chi connectivity index (χ1v) is 7.46. The third-order valence-corrected chi connectivity index (χ3v) is 3.59. The van der Waals surface area contributed by atoms with Gasteiger partial charge < -0.3 is 14.8 Å². The molecule has 1 N–H and O–H groups in total. The molecule has 1 amide bonds. The number of hydrogen-bond acceptors (Lipinski definition) is 3.